The lowest BCUT2D eigenvalue weighted by atomic mass is 9.75. The number of methoxy groups -OCH3 is 1. The number of aliphatic hydroxyl groups excluding tert-OH is 1. The van der Waals surface area contributed by atoms with Crippen LogP contribution in [0.5, 0.6) is 5.75 Å². The summed E-state index contributed by atoms with van der Waals surface area (Å²) in [6.07, 6.45) is 2.20. The Morgan fingerprint density at radius 2 is 2.00 bits per heavy atom. The van der Waals surface area contributed by atoms with E-state index in [2.05, 4.69) is 10.6 Å². The zero-order valence-electron chi connectivity index (χ0n) is 17.2. The van der Waals surface area contributed by atoms with Gasteiger partial charge in [0.15, 0.2) is 0 Å². The Bertz CT molecular complexity index is 712. The molecule has 0 radical (unpaired) electrons. The molecule has 0 fully saturated rings. The second kappa shape index (κ2) is 10.6. The standard InChI is InChI=1S/C20H31BN2O6/c1-12(2)9-18(21(27)28)23-20(26)16(11-24)22-19(25)14-7-8-15-13(10-14)5-4-6-17(15)29-3/h4-6,12,14,16,18,24,27-28H,7-11H2,1-3H3,(H,22,25)(H,23,26). The molecule has 0 aromatic heterocycles. The van der Waals surface area contributed by atoms with E-state index < -0.39 is 31.6 Å². The fraction of sp³-hybridized carbons (Fsp3) is 0.600. The molecule has 8 nitrogen and oxygen atoms in total. The van der Waals surface area contributed by atoms with Gasteiger partial charge >= 0.3 is 7.12 Å². The van der Waals surface area contributed by atoms with Gasteiger partial charge in [0.05, 0.1) is 19.7 Å². The van der Waals surface area contributed by atoms with Gasteiger partial charge in [-0.2, -0.15) is 0 Å². The van der Waals surface area contributed by atoms with Crippen molar-refractivity contribution in [1.82, 2.24) is 10.6 Å². The van der Waals surface area contributed by atoms with E-state index in [0.717, 1.165) is 16.9 Å². The van der Waals surface area contributed by atoms with Crippen LogP contribution in [0.3, 0.4) is 0 Å². The SMILES string of the molecule is COc1cccc2c1CCC(C(=O)NC(CO)C(=O)NC(CC(C)C)B(O)O)C2. The van der Waals surface area contributed by atoms with E-state index >= 15 is 0 Å². The molecule has 3 atom stereocenters. The summed E-state index contributed by atoms with van der Waals surface area (Å²) in [5.74, 6) is -1.19. The second-order valence-corrected chi connectivity index (χ2v) is 7.94. The topological polar surface area (TPSA) is 128 Å². The molecule has 29 heavy (non-hydrogen) atoms. The number of amides is 2. The van der Waals surface area contributed by atoms with Crippen LogP contribution in [-0.2, 0) is 22.4 Å². The van der Waals surface area contributed by atoms with Crippen LogP contribution in [0.4, 0.5) is 0 Å². The fourth-order valence-electron chi connectivity index (χ4n) is 3.72. The van der Waals surface area contributed by atoms with Gasteiger partial charge in [0.25, 0.3) is 0 Å². The van der Waals surface area contributed by atoms with Crippen LogP contribution in [0.25, 0.3) is 0 Å². The molecule has 1 aliphatic carbocycles. The first kappa shape index (κ1) is 23.2. The van der Waals surface area contributed by atoms with E-state index in [-0.39, 0.29) is 17.7 Å². The summed E-state index contributed by atoms with van der Waals surface area (Å²) in [6, 6.07) is 4.60. The monoisotopic (exact) mass is 406 g/mol. The van der Waals surface area contributed by atoms with E-state index in [1.54, 1.807) is 7.11 Å². The van der Waals surface area contributed by atoms with E-state index in [4.69, 9.17) is 4.74 Å². The third-order valence-corrected chi connectivity index (χ3v) is 5.26. The molecule has 0 saturated heterocycles. The molecule has 160 valence electrons. The van der Waals surface area contributed by atoms with Crippen molar-refractivity contribution < 1.29 is 29.5 Å². The molecule has 0 aliphatic heterocycles. The van der Waals surface area contributed by atoms with Gasteiger partial charge < -0.3 is 30.5 Å². The average Bonchev–Trinajstić information content (AvgIpc) is 2.69. The maximum atomic E-state index is 12.7. The van der Waals surface area contributed by atoms with Gasteiger partial charge in [-0.25, -0.2) is 0 Å². The molecule has 1 aromatic rings. The maximum absolute atomic E-state index is 12.7. The van der Waals surface area contributed by atoms with Gasteiger partial charge in [-0.3, -0.25) is 9.59 Å². The Labute approximate surface area is 171 Å². The van der Waals surface area contributed by atoms with Crippen LogP contribution in [0.15, 0.2) is 18.2 Å². The van der Waals surface area contributed by atoms with Crippen LogP contribution in [0, 0.1) is 11.8 Å². The quantitative estimate of drug-likeness (QED) is 0.362. The predicted octanol–water partition coefficient (Wildman–Crippen LogP) is -0.180. The van der Waals surface area contributed by atoms with Crippen molar-refractivity contribution in [2.45, 2.75) is 51.5 Å². The van der Waals surface area contributed by atoms with Gasteiger partial charge in [0.1, 0.15) is 11.8 Å². The zero-order chi connectivity index (χ0) is 21.6. The first-order valence-electron chi connectivity index (χ1n) is 9.99. The van der Waals surface area contributed by atoms with E-state index in [1.807, 2.05) is 32.0 Å². The maximum Gasteiger partial charge on any atom is 0.475 e. The third kappa shape index (κ3) is 6.19. The average molecular weight is 406 g/mol. The van der Waals surface area contributed by atoms with Crippen molar-refractivity contribution in [3.05, 3.63) is 29.3 Å². The molecule has 1 aliphatic rings. The number of hydrogen-bond donors (Lipinski definition) is 5. The predicted molar refractivity (Wildman–Crippen MR) is 109 cm³/mol. The first-order chi connectivity index (χ1) is 13.8. The highest BCUT2D eigenvalue weighted by atomic mass is 16.5. The van der Waals surface area contributed by atoms with Crippen molar-refractivity contribution in [3.8, 4) is 5.75 Å². The van der Waals surface area contributed by atoms with Crippen molar-refractivity contribution in [3.63, 3.8) is 0 Å². The van der Waals surface area contributed by atoms with E-state index in [1.165, 1.54) is 0 Å². The number of ether oxygens (including phenoxy) is 1. The molecular formula is C20H31BN2O6. The van der Waals surface area contributed by atoms with Crippen LogP contribution in [0.2, 0.25) is 0 Å². The summed E-state index contributed by atoms with van der Waals surface area (Å²) in [5, 5.41) is 33.6. The van der Waals surface area contributed by atoms with Crippen LogP contribution in [0.1, 0.15) is 37.8 Å². The summed E-state index contributed by atoms with van der Waals surface area (Å²) in [7, 11) is -0.101. The molecular weight excluding hydrogens is 375 g/mol. The number of nitrogens with one attached hydrogen (secondary N) is 2. The Kier molecular flexibility index (Phi) is 8.49. The first-order valence-corrected chi connectivity index (χ1v) is 9.99. The Morgan fingerprint density at radius 3 is 2.59 bits per heavy atom. The summed E-state index contributed by atoms with van der Waals surface area (Å²) < 4.78 is 5.38. The number of fused-ring (bicyclic) bond motifs is 1. The molecule has 2 amide bonds. The lowest BCUT2D eigenvalue weighted by Gasteiger charge is -2.27. The number of aliphatic hydroxyl groups is 1. The Balaban J connectivity index is 1.99. The molecule has 0 heterocycles. The molecule has 3 unspecified atom stereocenters. The molecule has 1 aromatic carbocycles. The van der Waals surface area contributed by atoms with Crippen molar-refractivity contribution >= 4 is 18.9 Å². The van der Waals surface area contributed by atoms with Gasteiger partial charge in [-0.05, 0) is 48.8 Å². The van der Waals surface area contributed by atoms with Gasteiger partial charge in [0.2, 0.25) is 11.8 Å². The molecule has 9 heteroatoms. The van der Waals surface area contributed by atoms with E-state index in [0.29, 0.717) is 25.7 Å². The molecule has 5 N–H and O–H groups in total. The van der Waals surface area contributed by atoms with Crippen molar-refractivity contribution in [2.75, 3.05) is 13.7 Å². The number of rotatable bonds is 9. The van der Waals surface area contributed by atoms with Gasteiger partial charge in [-0.1, -0.05) is 26.0 Å². The highest BCUT2D eigenvalue weighted by molar-refractivity contribution is 6.43. The molecule has 0 bridgehead atoms. The Hall–Kier alpha value is -2.10. The highest BCUT2D eigenvalue weighted by Gasteiger charge is 2.32. The summed E-state index contributed by atoms with van der Waals surface area (Å²) in [6.45, 7) is 3.20. The van der Waals surface area contributed by atoms with Crippen LogP contribution >= 0.6 is 0 Å². The minimum Gasteiger partial charge on any atom is -0.496 e. The third-order valence-electron chi connectivity index (χ3n) is 5.26. The fourth-order valence-corrected chi connectivity index (χ4v) is 3.72. The highest BCUT2D eigenvalue weighted by Crippen LogP contribution is 2.32. The molecule has 0 spiro atoms. The van der Waals surface area contributed by atoms with E-state index in [9.17, 15) is 24.7 Å². The van der Waals surface area contributed by atoms with Crippen LogP contribution < -0.4 is 15.4 Å². The Morgan fingerprint density at radius 1 is 1.28 bits per heavy atom. The lowest BCUT2D eigenvalue weighted by Crippen LogP contribution is -2.56. The minimum atomic E-state index is -1.72. The molecule has 2 rings (SSSR count). The zero-order valence-corrected chi connectivity index (χ0v) is 17.2. The van der Waals surface area contributed by atoms with Crippen LogP contribution in [-0.4, -0.2) is 59.8 Å². The molecule has 0 saturated carbocycles. The smallest absolute Gasteiger partial charge is 0.475 e. The largest absolute Gasteiger partial charge is 0.496 e. The van der Waals surface area contributed by atoms with Crippen molar-refractivity contribution in [2.24, 2.45) is 11.8 Å². The second-order valence-electron chi connectivity index (χ2n) is 7.94. The normalized spacial score (nSPS) is 17.8. The number of carbonyl (C=O) groups excluding carboxylic acids is 2. The van der Waals surface area contributed by atoms with Gasteiger partial charge in [-0.15, -0.1) is 0 Å². The summed E-state index contributed by atoms with van der Waals surface area (Å²) in [5.41, 5.74) is 2.14. The number of carbonyl (C=O) groups is 2. The summed E-state index contributed by atoms with van der Waals surface area (Å²) >= 11 is 0. The van der Waals surface area contributed by atoms with Crippen molar-refractivity contribution in [1.29, 1.82) is 0 Å². The summed E-state index contributed by atoms with van der Waals surface area (Å²) in [4.78, 5) is 25.1. The minimum absolute atomic E-state index is 0.128. The number of benzene rings is 1. The lowest BCUT2D eigenvalue weighted by molar-refractivity contribution is -0.132. The van der Waals surface area contributed by atoms with Gasteiger partial charge in [0, 0.05) is 5.92 Å². The number of hydrogen-bond acceptors (Lipinski definition) is 6.